The maximum absolute atomic E-state index is 13.5. The molecule has 2 N–H and O–H groups in total. The molecule has 2 aromatic rings. The van der Waals surface area contributed by atoms with Gasteiger partial charge in [-0.15, -0.1) is 0 Å². The van der Waals surface area contributed by atoms with E-state index in [1.54, 1.807) is 6.92 Å². The molecule has 3 nitrogen and oxygen atoms in total. The van der Waals surface area contributed by atoms with Crippen LogP contribution in [0.25, 0.3) is 0 Å². The van der Waals surface area contributed by atoms with E-state index >= 15 is 0 Å². The molecule has 0 saturated carbocycles. The van der Waals surface area contributed by atoms with Crippen molar-refractivity contribution in [1.82, 2.24) is 0 Å². The van der Waals surface area contributed by atoms with Crippen LogP contribution in [0.3, 0.4) is 0 Å². The van der Waals surface area contributed by atoms with Crippen molar-refractivity contribution in [2.24, 2.45) is 0 Å². The van der Waals surface area contributed by atoms with Gasteiger partial charge < -0.3 is 10.4 Å². The van der Waals surface area contributed by atoms with E-state index in [0.717, 1.165) is 0 Å². The molecule has 0 spiro atoms. The van der Waals surface area contributed by atoms with E-state index in [1.807, 2.05) is 0 Å². The summed E-state index contributed by atoms with van der Waals surface area (Å²) in [5.41, 5.74) is 0.340. The number of anilines is 2. The number of carboxylic acids is 1. The molecule has 2 rings (SSSR count). The number of aryl methyl sites for hydroxylation is 1. The lowest BCUT2D eigenvalue weighted by atomic mass is 10.1. The molecule has 0 fully saturated rings. The Bertz CT molecular complexity index is 663. The summed E-state index contributed by atoms with van der Waals surface area (Å²) in [6.45, 7) is 1.56. The quantitative estimate of drug-likeness (QED) is 0.898. The van der Waals surface area contributed by atoms with Gasteiger partial charge in [0.2, 0.25) is 0 Å². The average molecular weight is 281 g/mol. The van der Waals surface area contributed by atoms with Crippen LogP contribution in [0, 0.1) is 24.4 Å². The Hall–Kier alpha value is -2.50. The lowest BCUT2D eigenvalue weighted by molar-refractivity contribution is 0.0696. The van der Waals surface area contributed by atoms with E-state index in [1.165, 1.54) is 18.2 Å². The van der Waals surface area contributed by atoms with Crippen LogP contribution >= 0.6 is 0 Å². The maximum atomic E-state index is 13.5. The first-order valence-electron chi connectivity index (χ1n) is 5.64. The molecular formula is C14H10F3NO2. The molecule has 0 aliphatic carbocycles. The molecule has 0 atom stereocenters. The Kier molecular flexibility index (Phi) is 3.65. The number of halogens is 3. The van der Waals surface area contributed by atoms with Crippen LogP contribution in [-0.4, -0.2) is 11.1 Å². The lowest BCUT2D eigenvalue weighted by Crippen LogP contribution is -2.02. The van der Waals surface area contributed by atoms with Gasteiger partial charge in [-0.3, -0.25) is 0 Å². The minimum absolute atomic E-state index is 0.0931. The molecule has 20 heavy (non-hydrogen) atoms. The normalized spacial score (nSPS) is 10.4. The average Bonchev–Trinajstić information content (AvgIpc) is 2.33. The Morgan fingerprint density at radius 2 is 1.70 bits per heavy atom. The van der Waals surface area contributed by atoms with E-state index in [-0.39, 0.29) is 5.56 Å². The molecular weight excluding hydrogens is 271 g/mol. The topological polar surface area (TPSA) is 49.3 Å². The van der Waals surface area contributed by atoms with Crippen LogP contribution < -0.4 is 5.32 Å². The summed E-state index contributed by atoms with van der Waals surface area (Å²) in [7, 11) is 0. The summed E-state index contributed by atoms with van der Waals surface area (Å²) in [6.07, 6.45) is 0. The van der Waals surface area contributed by atoms with Crippen molar-refractivity contribution in [3.63, 3.8) is 0 Å². The number of nitrogens with one attached hydrogen (secondary N) is 1. The highest BCUT2D eigenvalue weighted by Crippen LogP contribution is 2.25. The highest BCUT2D eigenvalue weighted by atomic mass is 19.1. The third kappa shape index (κ3) is 2.74. The first kappa shape index (κ1) is 13.9. The van der Waals surface area contributed by atoms with E-state index in [0.29, 0.717) is 23.4 Å². The zero-order valence-corrected chi connectivity index (χ0v) is 10.4. The smallest absolute Gasteiger partial charge is 0.335 e. The van der Waals surface area contributed by atoms with Crippen LogP contribution in [0.4, 0.5) is 24.5 Å². The predicted octanol–water partition coefficient (Wildman–Crippen LogP) is 3.85. The molecule has 0 aliphatic heterocycles. The van der Waals surface area contributed by atoms with Gasteiger partial charge in [0.1, 0.15) is 11.5 Å². The fourth-order valence-corrected chi connectivity index (χ4v) is 1.79. The highest BCUT2D eigenvalue weighted by molar-refractivity contribution is 5.90. The zero-order valence-electron chi connectivity index (χ0n) is 10.4. The summed E-state index contributed by atoms with van der Waals surface area (Å²) in [5, 5.41) is 11.3. The van der Waals surface area contributed by atoms with Crippen LogP contribution in [0.5, 0.6) is 0 Å². The predicted molar refractivity (Wildman–Crippen MR) is 67.7 cm³/mol. The van der Waals surface area contributed by atoms with E-state index < -0.39 is 29.1 Å². The number of carbonyl (C=O) groups is 1. The Labute approximate surface area is 112 Å². The van der Waals surface area contributed by atoms with Crippen molar-refractivity contribution >= 4 is 17.3 Å². The van der Waals surface area contributed by atoms with Crippen LogP contribution in [0.1, 0.15) is 15.9 Å². The molecule has 0 unspecified atom stereocenters. The minimum Gasteiger partial charge on any atom is -0.478 e. The largest absolute Gasteiger partial charge is 0.478 e. The maximum Gasteiger partial charge on any atom is 0.335 e. The number of carboxylic acid groups (broad SMARTS) is 1. The number of rotatable bonds is 3. The fraction of sp³-hybridized carbons (Fsp3) is 0.0714. The number of aromatic carboxylic acids is 1. The SMILES string of the molecule is Cc1cc(Nc2c(F)cc(F)cc2F)ccc1C(=O)O. The molecule has 0 aromatic heterocycles. The highest BCUT2D eigenvalue weighted by Gasteiger charge is 2.13. The zero-order chi connectivity index (χ0) is 14.9. The van der Waals surface area contributed by atoms with Gasteiger partial charge in [0.15, 0.2) is 11.6 Å². The molecule has 2 aromatic carbocycles. The van der Waals surface area contributed by atoms with Gasteiger partial charge in [-0.05, 0) is 30.7 Å². The summed E-state index contributed by atoms with van der Waals surface area (Å²) < 4.78 is 39.7. The Morgan fingerprint density at radius 1 is 1.10 bits per heavy atom. The van der Waals surface area contributed by atoms with E-state index in [9.17, 15) is 18.0 Å². The summed E-state index contributed by atoms with van der Waals surface area (Å²) in [5.74, 6) is -4.24. The molecule has 0 radical (unpaired) electrons. The second kappa shape index (κ2) is 5.24. The molecule has 0 amide bonds. The van der Waals surface area contributed by atoms with Crippen molar-refractivity contribution in [3.05, 3.63) is 58.9 Å². The van der Waals surface area contributed by atoms with Crippen molar-refractivity contribution < 1.29 is 23.1 Å². The van der Waals surface area contributed by atoms with Crippen LogP contribution in [0.2, 0.25) is 0 Å². The van der Waals surface area contributed by atoms with Crippen molar-refractivity contribution in [1.29, 1.82) is 0 Å². The molecule has 0 heterocycles. The molecule has 6 heteroatoms. The summed E-state index contributed by atoms with van der Waals surface area (Å²) >= 11 is 0. The summed E-state index contributed by atoms with van der Waals surface area (Å²) in [6, 6.07) is 5.25. The summed E-state index contributed by atoms with van der Waals surface area (Å²) in [4.78, 5) is 10.9. The third-order valence-corrected chi connectivity index (χ3v) is 2.73. The van der Waals surface area contributed by atoms with E-state index in [2.05, 4.69) is 5.32 Å². The third-order valence-electron chi connectivity index (χ3n) is 2.73. The van der Waals surface area contributed by atoms with Gasteiger partial charge in [-0.1, -0.05) is 0 Å². The van der Waals surface area contributed by atoms with Gasteiger partial charge in [-0.2, -0.15) is 0 Å². The lowest BCUT2D eigenvalue weighted by Gasteiger charge is -2.10. The van der Waals surface area contributed by atoms with Gasteiger partial charge in [-0.25, -0.2) is 18.0 Å². The monoisotopic (exact) mass is 281 g/mol. The second-order valence-electron chi connectivity index (χ2n) is 4.20. The Morgan fingerprint density at radius 3 is 2.20 bits per heavy atom. The molecule has 0 aliphatic rings. The first-order chi connectivity index (χ1) is 9.38. The second-order valence-corrected chi connectivity index (χ2v) is 4.20. The van der Waals surface area contributed by atoms with Crippen molar-refractivity contribution in [3.8, 4) is 0 Å². The van der Waals surface area contributed by atoms with Gasteiger partial charge in [0.25, 0.3) is 0 Å². The molecule has 104 valence electrons. The number of hydrogen-bond acceptors (Lipinski definition) is 2. The van der Waals surface area contributed by atoms with Crippen molar-refractivity contribution in [2.45, 2.75) is 6.92 Å². The van der Waals surface area contributed by atoms with Crippen molar-refractivity contribution in [2.75, 3.05) is 5.32 Å². The fourth-order valence-electron chi connectivity index (χ4n) is 1.79. The standard InChI is InChI=1S/C14H10F3NO2/c1-7-4-9(2-3-10(7)14(19)20)18-13-11(16)5-8(15)6-12(13)17/h2-6,18H,1H3,(H,19,20). The Balaban J connectivity index is 2.36. The van der Waals surface area contributed by atoms with Gasteiger partial charge >= 0.3 is 5.97 Å². The molecule has 0 saturated heterocycles. The van der Waals surface area contributed by atoms with Crippen LogP contribution in [0.15, 0.2) is 30.3 Å². The van der Waals surface area contributed by atoms with Gasteiger partial charge in [0.05, 0.1) is 5.56 Å². The number of benzene rings is 2. The van der Waals surface area contributed by atoms with Crippen LogP contribution in [-0.2, 0) is 0 Å². The number of hydrogen-bond donors (Lipinski definition) is 2. The van der Waals surface area contributed by atoms with Gasteiger partial charge in [0, 0.05) is 17.8 Å². The minimum atomic E-state index is -1.09. The first-order valence-corrected chi connectivity index (χ1v) is 5.64. The van der Waals surface area contributed by atoms with E-state index in [4.69, 9.17) is 5.11 Å². The molecule has 0 bridgehead atoms.